The molecule has 2 N–H and O–H groups in total. The Labute approximate surface area is 150 Å². The largest absolute Gasteiger partial charge is 0.322 e. The van der Waals surface area contributed by atoms with E-state index in [2.05, 4.69) is 10.6 Å². The lowest BCUT2D eigenvalue weighted by molar-refractivity contribution is 0.101. The normalized spacial score (nSPS) is 10.2. The Balaban J connectivity index is 1.73. The van der Waals surface area contributed by atoms with Crippen LogP contribution in [0.25, 0.3) is 0 Å². The van der Waals surface area contributed by atoms with Gasteiger partial charge in [-0.1, -0.05) is 30.3 Å². The first-order chi connectivity index (χ1) is 12.5. The Hall–Kier alpha value is -3.47. The van der Waals surface area contributed by atoms with Gasteiger partial charge in [0.15, 0.2) is 0 Å². The van der Waals surface area contributed by atoms with Crippen LogP contribution in [-0.4, -0.2) is 11.8 Å². The maximum atomic E-state index is 13.2. The Bertz CT molecular complexity index is 969. The molecule has 0 radical (unpaired) electrons. The van der Waals surface area contributed by atoms with Gasteiger partial charge in [-0.05, 0) is 55.0 Å². The van der Waals surface area contributed by atoms with Crippen LogP contribution in [0.15, 0.2) is 72.8 Å². The van der Waals surface area contributed by atoms with Crippen molar-refractivity contribution in [3.63, 3.8) is 0 Å². The summed E-state index contributed by atoms with van der Waals surface area (Å²) in [6.07, 6.45) is 0. The number of halogens is 1. The highest BCUT2D eigenvalue weighted by molar-refractivity contribution is 6.07. The van der Waals surface area contributed by atoms with E-state index in [1.165, 1.54) is 24.3 Å². The van der Waals surface area contributed by atoms with Gasteiger partial charge in [-0.3, -0.25) is 9.59 Å². The molecule has 4 nitrogen and oxygen atoms in total. The molecule has 5 heteroatoms. The van der Waals surface area contributed by atoms with Crippen molar-refractivity contribution in [3.05, 3.63) is 95.3 Å². The minimum atomic E-state index is -0.475. The standard InChI is InChI=1S/C21H17FN2O2/c1-14-6-2-3-11-19(14)21(26)24-18-10-5-9-17(13-18)23-20(25)15-7-4-8-16(22)12-15/h2-13H,1H3,(H,23,25)(H,24,26). The summed E-state index contributed by atoms with van der Waals surface area (Å²) in [4.78, 5) is 24.6. The minimum Gasteiger partial charge on any atom is -0.322 e. The van der Waals surface area contributed by atoms with Gasteiger partial charge in [-0.2, -0.15) is 0 Å². The highest BCUT2D eigenvalue weighted by Crippen LogP contribution is 2.18. The second-order valence-corrected chi connectivity index (χ2v) is 5.81. The Morgan fingerprint density at radius 2 is 1.42 bits per heavy atom. The third kappa shape index (κ3) is 4.13. The number of benzene rings is 3. The maximum Gasteiger partial charge on any atom is 0.255 e. The monoisotopic (exact) mass is 348 g/mol. The minimum absolute atomic E-state index is 0.222. The fraction of sp³-hybridized carbons (Fsp3) is 0.0476. The molecule has 0 aliphatic carbocycles. The number of aryl methyl sites for hydroxylation is 1. The summed E-state index contributed by atoms with van der Waals surface area (Å²) >= 11 is 0. The van der Waals surface area contributed by atoms with Crippen LogP contribution in [0.5, 0.6) is 0 Å². The van der Waals surface area contributed by atoms with E-state index in [1.807, 2.05) is 19.1 Å². The van der Waals surface area contributed by atoms with Gasteiger partial charge >= 0.3 is 0 Å². The molecule has 3 aromatic rings. The lowest BCUT2D eigenvalue weighted by Crippen LogP contribution is -2.14. The molecule has 0 atom stereocenters. The van der Waals surface area contributed by atoms with Gasteiger partial charge in [0.05, 0.1) is 0 Å². The van der Waals surface area contributed by atoms with Gasteiger partial charge in [0, 0.05) is 22.5 Å². The molecule has 26 heavy (non-hydrogen) atoms. The molecule has 0 fully saturated rings. The first kappa shape index (κ1) is 17.4. The molecule has 3 aromatic carbocycles. The average Bonchev–Trinajstić information content (AvgIpc) is 2.62. The summed E-state index contributed by atoms with van der Waals surface area (Å²) in [7, 11) is 0. The van der Waals surface area contributed by atoms with Crippen LogP contribution >= 0.6 is 0 Å². The summed E-state index contributed by atoms with van der Waals surface area (Å²) in [5.74, 6) is -1.12. The third-order valence-corrected chi connectivity index (χ3v) is 3.85. The maximum absolute atomic E-state index is 13.2. The van der Waals surface area contributed by atoms with Crippen LogP contribution in [0.4, 0.5) is 15.8 Å². The Kier molecular flexibility index (Phi) is 5.08. The lowest BCUT2D eigenvalue weighted by atomic mass is 10.1. The number of anilines is 2. The summed E-state index contributed by atoms with van der Waals surface area (Å²) in [5.41, 5.74) is 2.73. The van der Waals surface area contributed by atoms with Crippen LogP contribution < -0.4 is 10.6 Å². The van der Waals surface area contributed by atoms with E-state index in [9.17, 15) is 14.0 Å². The average molecular weight is 348 g/mol. The van der Waals surface area contributed by atoms with E-state index in [0.29, 0.717) is 16.9 Å². The third-order valence-electron chi connectivity index (χ3n) is 3.85. The number of hydrogen-bond acceptors (Lipinski definition) is 2. The van der Waals surface area contributed by atoms with Crippen molar-refractivity contribution in [2.24, 2.45) is 0 Å². The molecule has 0 spiro atoms. The lowest BCUT2D eigenvalue weighted by Gasteiger charge is -2.10. The van der Waals surface area contributed by atoms with Gasteiger partial charge in [-0.25, -0.2) is 4.39 Å². The van der Waals surface area contributed by atoms with Crippen LogP contribution in [0, 0.1) is 12.7 Å². The molecule has 0 unspecified atom stereocenters. The molecule has 0 aliphatic rings. The molecule has 0 aromatic heterocycles. The zero-order valence-corrected chi connectivity index (χ0v) is 14.1. The summed E-state index contributed by atoms with van der Waals surface area (Å²) in [6.45, 7) is 1.87. The van der Waals surface area contributed by atoms with Crippen molar-refractivity contribution in [2.75, 3.05) is 10.6 Å². The summed E-state index contributed by atoms with van der Waals surface area (Å²) in [5, 5.41) is 5.50. The molecule has 3 rings (SSSR count). The first-order valence-corrected chi connectivity index (χ1v) is 8.07. The fourth-order valence-corrected chi connectivity index (χ4v) is 2.53. The van der Waals surface area contributed by atoms with Gasteiger partial charge < -0.3 is 10.6 Å². The van der Waals surface area contributed by atoms with E-state index in [4.69, 9.17) is 0 Å². The molecule has 0 aliphatic heterocycles. The number of nitrogens with one attached hydrogen (secondary N) is 2. The summed E-state index contributed by atoms with van der Waals surface area (Å²) < 4.78 is 13.2. The van der Waals surface area contributed by atoms with Gasteiger partial charge in [0.2, 0.25) is 0 Å². The molecular formula is C21H17FN2O2. The fourth-order valence-electron chi connectivity index (χ4n) is 2.53. The van der Waals surface area contributed by atoms with Crippen LogP contribution in [-0.2, 0) is 0 Å². The van der Waals surface area contributed by atoms with Crippen molar-refractivity contribution < 1.29 is 14.0 Å². The number of hydrogen-bond donors (Lipinski definition) is 2. The number of carbonyl (C=O) groups excluding carboxylic acids is 2. The van der Waals surface area contributed by atoms with Crippen molar-refractivity contribution in [3.8, 4) is 0 Å². The van der Waals surface area contributed by atoms with E-state index < -0.39 is 11.7 Å². The van der Waals surface area contributed by atoms with Crippen LogP contribution in [0.3, 0.4) is 0 Å². The highest BCUT2D eigenvalue weighted by Gasteiger charge is 2.10. The molecule has 0 saturated heterocycles. The second kappa shape index (κ2) is 7.61. The van der Waals surface area contributed by atoms with E-state index in [0.717, 1.165) is 5.56 Å². The smallest absolute Gasteiger partial charge is 0.255 e. The molecule has 0 bridgehead atoms. The van der Waals surface area contributed by atoms with E-state index in [-0.39, 0.29) is 11.5 Å². The zero-order chi connectivity index (χ0) is 18.5. The summed E-state index contributed by atoms with van der Waals surface area (Å²) in [6, 6.07) is 19.5. The predicted molar refractivity (Wildman–Crippen MR) is 99.9 cm³/mol. The Morgan fingerprint density at radius 1 is 0.769 bits per heavy atom. The van der Waals surface area contributed by atoms with Gasteiger partial charge in [-0.15, -0.1) is 0 Å². The molecule has 0 saturated carbocycles. The molecule has 0 heterocycles. The van der Waals surface area contributed by atoms with Crippen molar-refractivity contribution in [1.82, 2.24) is 0 Å². The predicted octanol–water partition coefficient (Wildman–Crippen LogP) is 4.64. The zero-order valence-electron chi connectivity index (χ0n) is 14.1. The van der Waals surface area contributed by atoms with Crippen molar-refractivity contribution in [2.45, 2.75) is 6.92 Å². The first-order valence-electron chi connectivity index (χ1n) is 8.07. The van der Waals surface area contributed by atoms with Crippen molar-refractivity contribution in [1.29, 1.82) is 0 Å². The van der Waals surface area contributed by atoms with Gasteiger partial charge in [0.25, 0.3) is 11.8 Å². The van der Waals surface area contributed by atoms with E-state index >= 15 is 0 Å². The molecule has 2 amide bonds. The number of rotatable bonds is 4. The number of amides is 2. The number of carbonyl (C=O) groups is 2. The highest BCUT2D eigenvalue weighted by atomic mass is 19.1. The quantitative estimate of drug-likeness (QED) is 0.722. The van der Waals surface area contributed by atoms with Crippen molar-refractivity contribution >= 4 is 23.2 Å². The van der Waals surface area contributed by atoms with E-state index in [1.54, 1.807) is 36.4 Å². The van der Waals surface area contributed by atoms with Gasteiger partial charge in [0.1, 0.15) is 5.82 Å². The topological polar surface area (TPSA) is 58.2 Å². The van der Waals surface area contributed by atoms with Crippen LogP contribution in [0.2, 0.25) is 0 Å². The SMILES string of the molecule is Cc1ccccc1C(=O)Nc1cccc(NC(=O)c2cccc(F)c2)c1. The van der Waals surface area contributed by atoms with Crippen LogP contribution in [0.1, 0.15) is 26.3 Å². The molecule has 130 valence electrons. The molecular weight excluding hydrogens is 331 g/mol. The second-order valence-electron chi connectivity index (χ2n) is 5.81. The Morgan fingerprint density at radius 3 is 2.12 bits per heavy atom.